The van der Waals surface area contributed by atoms with Crippen LogP contribution in [0.3, 0.4) is 0 Å². The molecule has 150 valence electrons. The Morgan fingerprint density at radius 1 is 1.13 bits per heavy atom. The molecule has 2 heterocycles. The van der Waals surface area contributed by atoms with E-state index in [4.69, 9.17) is 5.26 Å². The zero-order chi connectivity index (χ0) is 21.1. The summed E-state index contributed by atoms with van der Waals surface area (Å²) in [6.07, 6.45) is 2.27. The maximum Gasteiger partial charge on any atom is 0.191 e. The number of hydrogen-bond acceptors (Lipinski definition) is 5. The Morgan fingerprint density at radius 2 is 1.90 bits per heavy atom. The molecular formula is C23H21N5OS. The number of benzene rings is 2. The lowest BCUT2D eigenvalue weighted by Gasteiger charge is -2.06. The minimum absolute atomic E-state index is 0.0346. The first kappa shape index (κ1) is 19.9. The Bertz CT molecular complexity index is 1260. The van der Waals surface area contributed by atoms with Gasteiger partial charge >= 0.3 is 0 Å². The molecule has 0 aliphatic rings. The summed E-state index contributed by atoms with van der Waals surface area (Å²) in [5, 5.41) is 19.1. The number of para-hydroxylation sites is 1. The van der Waals surface area contributed by atoms with Gasteiger partial charge in [-0.15, -0.1) is 10.2 Å². The second-order valence-corrected chi connectivity index (χ2v) is 8.00. The van der Waals surface area contributed by atoms with Crippen LogP contribution < -0.4 is 0 Å². The molecule has 0 unspecified atom stereocenters. The van der Waals surface area contributed by atoms with Crippen LogP contribution in [0.1, 0.15) is 22.3 Å². The Kier molecular flexibility index (Phi) is 5.68. The van der Waals surface area contributed by atoms with E-state index >= 15 is 0 Å². The van der Waals surface area contributed by atoms with Crippen molar-refractivity contribution in [3.05, 3.63) is 65.9 Å². The highest BCUT2D eigenvalue weighted by Gasteiger charge is 2.18. The van der Waals surface area contributed by atoms with E-state index in [0.717, 1.165) is 27.9 Å². The van der Waals surface area contributed by atoms with Gasteiger partial charge in [-0.2, -0.15) is 5.26 Å². The Morgan fingerprint density at radius 3 is 2.70 bits per heavy atom. The summed E-state index contributed by atoms with van der Waals surface area (Å²) in [5.41, 5.74) is 3.82. The highest BCUT2D eigenvalue weighted by atomic mass is 32.2. The molecule has 0 fully saturated rings. The van der Waals surface area contributed by atoms with Gasteiger partial charge in [0.15, 0.2) is 16.8 Å². The number of Topliss-reactive ketones (excluding diaryl/α,β-unsaturated/α-hetero) is 1. The van der Waals surface area contributed by atoms with E-state index in [1.165, 1.54) is 11.8 Å². The van der Waals surface area contributed by atoms with Crippen LogP contribution in [-0.4, -0.2) is 30.9 Å². The normalized spacial score (nSPS) is 11.0. The molecular weight excluding hydrogens is 394 g/mol. The minimum atomic E-state index is 0.0346. The molecule has 0 aliphatic heterocycles. The topological polar surface area (TPSA) is 76.5 Å². The number of ketones is 1. The molecule has 0 saturated heterocycles. The van der Waals surface area contributed by atoms with Gasteiger partial charge in [-0.25, -0.2) is 0 Å². The molecule has 2 aromatic heterocycles. The molecule has 0 spiro atoms. The summed E-state index contributed by atoms with van der Waals surface area (Å²) < 4.78 is 3.91. The van der Waals surface area contributed by atoms with Crippen molar-refractivity contribution in [2.75, 3.05) is 5.75 Å². The number of carbonyl (C=O) groups is 1. The summed E-state index contributed by atoms with van der Waals surface area (Å²) in [5.74, 6) is 1.09. The van der Waals surface area contributed by atoms with Gasteiger partial charge in [-0.05, 0) is 18.6 Å². The van der Waals surface area contributed by atoms with E-state index < -0.39 is 0 Å². The number of nitriles is 1. The summed E-state index contributed by atoms with van der Waals surface area (Å²) in [6.45, 7) is 2.61. The minimum Gasteiger partial charge on any atom is -0.346 e. The quantitative estimate of drug-likeness (QED) is 0.325. The number of aryl methyl sites for hydroxylation is 2. The van der Waals surface area contributed by atoms with Crippen molar-refractivity contribution in [3.63, 3.8) is 0 Å². The number of aromatic nitrogens is 4. The molecule has 0 amide bonds. The monoisotopic (exact) mass is 415 g/mol. The number of carbonyl (C=O) groups excluding carboxylic acids is 1. The molecule has 30 heavy (non-hydrogen) atoms. The first-order chi connectivity index (χ1) is 14.6. The van der Waals surface area contributed by atoms with Crippen LogP contribution in [-0.2, 0) is 13.6 Å². The van der Waals surface area contributed by atoms with Crippen molar-refractivity contribution in [2.45, 2.75) is 25.0 Å². The first-order valence-corrected chi connectivity index (χ1v) is 10.6. The Labute approximate surface area is 179 Å². The van der Waals surface area contributed by atoms with Crippen molar-refractivity contribution in [2.24, 2.45) is 7.05 Å². The molecule has 6 nitrogen and oxygen atoms in total. The number of thioether (sulfide) groups is 1. The van der Waals surface area contributed by atoms with Gasteiger partial charge in [0.05, 0.1) is 18.2 Å². The predicted molar refractivity (Wildman–Crippen MR) is 118 cm³/mol. The van der Waals surface area contributed by atoms with Crippen LogP contribution in [0.2, 0.25) is 0 Å². The third-order valence-electron chi connectivity index (χ3n) is 5.11. The molecule has 4 aromatic rings. The summed E-state index contributed by atoms with van der Waals surface area (Å²) in [7, 11) is 1.92. The fourth-order valence-corrected chi connectivity index (χ4v) is 4.33. The zero-order valence-corrected chi connectivity index (χ0v) is 17.7. The van der Waals surface area contributed by atoms with E-state index in [1.807, 2.05) is 77.8 Å². The highest BCUT2D eigenvalue weighted by Crippen LogP contribution is 2.27. The van der Waals surface area contributed by atoms with Crippen LogP contribution in [0.4, 0.5) is 0 Å². The lowest BCUT2D eigenvalue weighted by Crippen LogP contribution is -2.04. The second kappa shape index (κ2) is 8.56. The Hall–Kier alpha value is -3.37. The second-order valence-electron chi connectivity index (χ2n) is 7.05. The molecule has 0 bridgehead atoms. The third-order valence-corrected chi connectivity index (χ3v) is 6.13. The lowest BCUT2D eigenvalue weighted by molar-refractivity contribution is 0.102. The number of rotatable bonds is 7. The van der Waals surface area contributed by atoms with E-state index in [9.17, 15) is 4.79 Å². The van der Waals surface area contributed by atoms with E-state index in [-0.39, 0.29) is 11.5 Å². The number of hydrogen-bond donors (Lipinski definition) is 0. The average Bonchev–Trinajstić information content (AvgIpc) is 3.31. The van der Waals surface area contributed by atoms with Gasteiger partial charge in [0.2, 0.25) is 0 Å². The highest BCUT2D eigenvalue weighted by molar-refractivity contribution is 7.99. The van der Waals surface area contributed by atoms with Gasteiger partial charge in [-0.3, -0.25) is 4.79 Å². The van der Waals surface area contributed by atoms with Crippen LogP contribution in [0.25, 0.3) is 22.3 Å². The van der Waals surface area contributed by atoms with Crippen LogP contribution >= 0.6 is 11.8 Å². The van der Waals surface area contributed by atoms with Crippen LogP contribution in [0.5, 0.6) is 0 Å². The average molecular weight is 416 g/mol. The molecule has 0 radical (unpaired) electrons. The van der Waals surface area contributed by atoms with E-state index in [2.05, 4.69) is 16.3 Å². The molecule has 7 heteroatoms. The summed E-state index contributed by atoms with van der Waals surface area (Å²) in [6, 6.07) is 18.0. The summed E-state index contributed by atoms with van der Waals surface area (Å²) >= 11 is 1.39. The molecule has 4 rings (SSSR count). The number of nitrogens with zero attached hydrogens (tertiary/aromatic N) is 5. The van der Waals surface area contributed by atoms with E-state index in [1.54, 1.807) is 0 Å². The van der Waals surface area contributed by atoms with Gasteiger partial charge in [0.25, 0.3) is 0 Å². The maximum atomic E-state index is 13.0. The third kappa shape index (κ3) is 3.74. The van der Waals surface area contributed by atoms with Gasteiger partial charge < -0.3 is 9.13 Å². The van der Waals surface area contributed by atoms with Crippen molar-refractivity contribution in [1.29, 1.82) is 5.26 Å². The Balaban J connectivity index is 1.55. The van der Waals surface area contributed by atoms with Crippen molar-refractivity contribution in [1.82, 2.24) is 19.3 Å². The molecule has 2 aromatic carbocycles. The van der Waals surface area contributed by atoms with Gasteiger partial charge in [0.1, 0.15) is 0 Å². The SMILES string of the molecule is Cc1ccccc1-c1nnc(SCC(=O)c2cn(CCC#N)c3ccccc23)n1C. The predicted octanol–water partition coefficient (Wildman–Crippen LogP) is 4.63. The first-order valence-electron chi connectivity index (χ1n) is 9.66. The lowest BCUT2D eigenvalue weighted by atomic mass is 10.1. The van der Waals surface area contributed by atoms with Crippen LogP contribution in [0, 0.1) is 18.3 Å². The number of fused-ring (bicyclic) bond motifs is 1. The zero-order valence-electron chi connectivity index (χ0n) is 16.9. The largest absolute Gasteiger partial charge is 0.346 e. The maximum absolute atomic E-state index is 13.0. The molecule has 0 aliphatic carbocycles. The van der Waals surface area contributed by atoms with Gasteiger partial charge in [0, 0.05) is 41.8 Å². The van der Waals surface area contributed by atoms with Gasteiger partial charge in [-0.1, -0.05) is 54.2 Å². The summed E-state index contributed by atoms with van der Waals surface area (Å²) in [4.78, 5) is 13.0. The van der Waals surface area contributed by atoms with Crippen LogP contribution in [0.15, 0.2) is 59.9 Å². The standard InChI is InChI=1S/C23H21N5OS/c1-16-8-3-4-9-17(16)22-25-26-23(27(22)2)30-15-21(29)19-14-28(13-7-12-24)20-11-6-5-10-18(19)20/h3-6,8-11,14H,7,13,15H2,1-2H3. The fraction of sp³-hybridized carbons (Fsp3) is 0.217. The molecule has 0 N–H and O–H groups in total. The fourth-order valence-electron chi connectivity index (χ4n) is 3.53. The van der Waals surface area contributed by atoms with Crippen molar-refractivity contribution >= 4 is 28.4 Å². The van der Waals surface area contributed by atoms with E-state index in [0.29, 0.717) is 23.7 Å². The molecule has 0 atom stereocenters. The van der Waals surface area contributed by atoms with Crippen molar-refractivity contribution in [3.8, 4) is 17.5 Å². The van der Waals surface area contributed by atoms with Crippen molar-refractivity contribution < 1.29 is 4.79 Å². The molecule has 0 saturated carbocycles. The smallest absolute Gasteiger partial charge is 0.191 e.